The first kappa shape index (κ1) is 24.0. The lowest BCUT2D eigenvalue weighted by Gasteiger charge is -2.41. The first-order chi connectivity index (χ1) is 15.7. The van der Waals surface area contributed by atoms with E-state index >= 15 is 0 Å². The SMILES string of the molecule is C[C@H]1CN(C(=O)OC(C)(C)C)CCN1c1nc(OC[C@@H]2CCCN2C)nc2c1CCNCC2. The molecule has 0 spiro atoms. The second kappa shape index (κ2) is 10.0. The van der Waals surface area contributed by atoms with Crippen molar-refractivity contribution >= 4 is 11.9 Å². The number of carbonyl (C=O) groups excluding carboxylic acids is 1. The first-order valence-electron chi connectivity index (χ1n) is 12.4. The normalized spacial score (nSPS) is 24.4. The number of anilines is 1. The van der Waals surface area contributed by atoms with Crippen LogP contribution in [0, 0.1) is 0 Å². The number of amides is 1. The Bertz CT molecular complexity index is 842. The van der Waals surface area contributed by atoms with E-state index in [1.807, 2.05) is 20.8 Å². The summed E-state index contributed by atoms with van der Waals surface area (Å²) in [4.78, 5) is 28.8. The largest absolute Gasteiger partial charge is 0.462 e. The van der Waals surface area contributed by atoms with Gasteiger partial charge in [-0.1, -0.05) is 0 Å². The third-order valence-electron chi connectivity index (χ3n) is 6.77. The average molecular weight is 461 g/mol. The highest BCUT2D eigenvalue weighted by Gasteiger charge is 2.33. The molecule has 2 fully saturated rings. The Hall–Kier alpha value is -2.13. The number of aromatic nitrogens is 2. The van der Waals surface area contributed by atoms with Gasteiger partial charge in [-0.2, -0.15) is 9.97 Å². The van der Waals surface area contributed by atoms with Crippen LogP contribution in [-0.2, 0) is 17.6 Å². The number of nitrogens with one attached hydrogen (secondary N) is 1. The maximum absolute atomic E-state index is 12.6. The smallest absolute Gasteiger partial charge is 0.410 e. The number of hydrogen-bond acceptors (Lipinski definition) is 8. The lowest BCUT2D eigenvalue weighted by Crippen LogP contribution is -2.55. The molecule has 9 nitrogen and oxygen atoms in total. The van der Waals surface area contributed by atoms with Crippen molar-refractivity contribution in [2.45, 2.75) is 71.1 Å². The molecule has 2 saturated heterocycles. The zero-order valence-corrected chi connectivity index (χ0v) is 20.9. The average Bonchev–Trinajstić information content (AvgIpc) is 3.01. The van der Waals surface area contributed by atoms with Crippen molar-refractivity contribution in [3.8, 4) is 6.01 Å². The minimum absolute atomic E-state index is 0.121. The lowest BCUT2D eigenvalue weighted by molar-refractivity contribution is 0.0218. The number of fused-ring (bicyclic) bond motifs is 1. The van der Waals surface area contributed by atoms with Crippen LogP contribution in [-0.4, -0.2) is 96.5 Å². The third-order valence-corrected chi connectivity index (χ3v) is 6.77. The molecule has 0 radical (unpaired) electrons. The topological polar surface area (TPSA) is 83.1 Å². The third kappa shape index (κ3) is 5.87. The Kier molecular flexibility index (Phi) is 7.28. The van der Waals surface area contributed by atoms with E-state index in [-0.39, 0.29) is 12.1 Å². The molecule has 1 aromatic heterocycles. The number of hydrogen-bond donors (Lipinski definition) is 1. The van der Waals surface area contributed by atoms with Crippen molar-refractivity contribution in [1.29, 1.82) is 0 Å². The first-order valence-corrected chi connectivity index (χ1v) is 12.4. The van der Waals surface area contributed by atoms with Gasteiger partial charge in [0.25, 0.3) is 0 Å². The Morgan fingerprint density at radius 2 is 1.94 bits per heavy atom. The Balaban J connectivity index is 1.52. The van der Waals surface area contributed by atoms with Crippen molar-refractivity contribution in [3.63, 3.8) is 0 Å². The number of rotatable bonds is 4. The van der Waals surface area contributed by atoms with Gasteiger partial charge in [0.1, 0.15) is 18.0 Å². The van der Waals surface area contributed by atoms with Crippen molar-refractivity contribution in [3.05, 3.63) is 11.3 Å². The molecule has 4 heterocycles. The molecule has 0 bridgehead atoms. The summed E-state index contributed by atoms with van der Waals surface area (Å²) in [6.07, 6.45) is 3.89. The van der Waals surface area contributed by atoms with Crippen LogP contribution in [0.3, 0.4) is 0 Å². The maximum atomic E-state index is 12.6. The molecule has 184 valence electrons. The number of piperazine rings is 1. The van der Waals surface area contributed by atoms with E-state index in [1.54, 1.807) is 4.90 Å². The summed E-state index contributed by atoms with van der Waals surface area (Å²) in [5, 5.41) is 3.48. The summed E-state index contributed by atoms with van der Waals surface area (Å²) in [5.41, 5.74) is 1.80. The van der Waals surface area contributed by atoms with Gasteiger partial charge in [0.05, 0.1) is 5.69 Å². The number of ether oxygens (including phenoxy) is 2. The fourth-order valence-electron chi connectivity index (χ4n) is 4.93. The monoisotopic (exact) mass is 460 g/mol. The summed E-state index contributed by atoms with van der Waals surface area (Å²) < 4.78 is 11.7. The number of likely N-dealkylation sites (tertiary alicyclic amines) is 1. The fraction of sp³-hybridized carbons (Fsp3) is 0.792. The molecule has 0 saturated carbocycles. The van der Waals surface area contributed by atoms with Gasteiger partial charge in [0, 0.05) is 50.2 Å². The molecule has 1 aromatic rings. The molecular formula is C24H40N6O3. The molecular weight excluding hydrogens is 420 g/mol. The molecule has 4 rings (SSSR count). The highest BCUT2D eigenvalue weighted by Crippen LogP contribution is 2.29. The molecule has 0 aliphatic carbocycles. The van der Waals surface area contributed by atoms with Crippen LogP contribution in [0.15, 0.2) is 0 Å². The maximum Gasteiger partial charge on any atom is 0.410 e. The van der Waals surface area contributed by atoms with Crippen LogP contribution in [0.2, 0.25) is 0 Å². The molecule has 9 heteroatoms. The van der Waals surface area contributed by atoms with Gasteiger partial charge >= 0.3 is 12.1 Å². The predicted molar refractivity (Wildman–Crippen MR) is 128 cm³/mol. The second-order valence-corrected chi connectivity index (χ2v) is 10.6. The van der Waals surface area contributed by atoms with Gasteiger partial charge in [0.2, 0.25) is 0 Å². The van der Waals surface area contributed by atoms with E-state index in [0.717, 1.165) is 50.4 Å². The summed E-state index contributed by atoms with van der Waals surface area (Å²) >= 11 is 0. The van der Waals surface area contributed by atoms with Gasteiger partial charge in [-0.25, -0.2) is 4.79 Å². The number of likely N-dealkylation sites (N-methyl/N-ethyl adjacent to an activating group) is 1. The van der Waals surface area contributed by atoms with Gasteiger partial charge in [-0.05, 0) is 67.1 Å². The van der Waals surface area contributed by atoms with E-state index in [4.69, 9.17) is 19.4 Å². The molecule has 1 N–H and O–H groups in total. The van der Waals surface area contributed by atoms with Crippen molar-refractivity contribution in [2.75, 3.05) is 57.8 Å². The van der Waals surface area contributed by atoms with Gasteiger partial charge in [-0.15, -0.1) is 0 Å². The molecule has 1 amide bonds. The Labute approximate surface area is 197 Å². The summed E-state index contributed by atoms with van der Waals surface area (Å²) in [6.45, 7) is 13.4. The van der Waals surface area contributed by atoms with E-state index in [9.17, 15) is 4.79 Å². The van der Waals surface area contributed by atoms with E-state index in [1.165, 1.54) is 12.0 Å². The van der Waals surface area contributed by atoms with E-state index in [2.05, 4.69) is 29.1 Å². The quantitative estimate of drug-likeness (QED) is 0.731. The van der Waals surface area contributed by atoms with Crippen LogP contribution >= 0.6 is 0 Å². The highest BCUT2D eigenvalue weighted by molar-refractivity contribution is 5.69. The highest BCUT2D eigenvalue weighted by atomic mass is 16.6. The van der Waals surface area contributed by atoms with E-state index in [0.29, 0.717) is 38.3 Å². The summed E-state index contributed by atoms with van der Waals surface area (Å²) in [6, 6.07) is 1.02. The van der Waals surface area contributed by atoms with Crippen molar-refractivity contribution in [1.82, 2.24) is 25.1 Å². The second-order valence-electron chi connectivity index (χ2n) is 10.6. The molecule has 0 aromatic carbocycles. The minimum atomic E-state index is -0.492. The molecule has 33 heavy (non-hydrogen) atoms. The van der Waals surface area contributed by atoms with Crippen LogP contribution in [0.25, 0.3) is 0 Å². The van der Waals surface area contributed by atoms with Crippen molar-refractivity contribution < 1.29 is 14.3 Å². The van der Waals surface area contributed by atoms with Crippen LogP contribution in [0.4, 0.5) is 10.6 Å². The van der Waals surface area contributed by atoms with E-state index < -0.39 is 5.60 Å². The van der Waals surface area contributed by atoms with Crippen molar-refractivity contribution in [2.24, 2.45) is 0 Å². The number of nitrogens with zero attached hydrogens (tertiary/aromatic N) is 5. The zero-order chi connectivity index (χ0) is 23.6. The molecule has 0 unspecified atom stereocenters. The van der Waals surface area contributed by atoms with Gasteiger partial charge in [0.15, 0.2) is 0 Å². The van der Waals surface area contributed by atoms with Crippen LogP contribution < -0.4 is 15.0 Å². The standard InChI is InChI=1S/C24H40N6O3/c1-17-15-29(23(31)33-24(2,3)4)13-14-30(17)21-19-8-10-25-11-9-20(19)26-22(27-21)32-16-18-7-6-12-28(18)5/h17-18,25H,6-16H2,1-5H3/t17-,18-/m0/s1. The van der Waals surface area contributed by atoms with Gasteiger partial charge < -0.3 is 29.5 Å². The summed E-state index contributed by atoms with van der Waals surface area (Å²) in [5.74, 6) is 0.967. The molecule has 3 aliphatic heterocycles. The lowest BCUT2D eigenvalue weighted by atomic mass is 10.1. The predicted octanol–water partition coefficient (Wildman–Crippen LogP) is 2.08. The van der Waals surface area contributed by atoms with Crippen LogP contribution in [0.1, 0.15) is 51.8 Å². The molecule has 3 aliphatic rings. The minimum Gasteiger partial charge on any atom is -0.462 e. The van der Waals surface area contributed by atoms with Gasteiger partial charge in [-0.3, -0.25) is 0 Å². The zero-order valence-electron chi connectivity index (χ0n) is 20.9. The Morgan fingerprint density at radius 1 is 1.15 bits per heavy atom. The summed E-state index contributed by atoms with van der Waals surface area (Å²) in [7, 11) is 2.15. The Morgan fingerprint density at radius 3 is 2.64 bits per heavy atom. The fourth-order valence-corrected chi connectivity index (χ4v) is 4.93. The molecule has 2 atom stereocenters. The number of carbonyl (C=O) groups is 1. The van der Waals surface area contributed by atoms with Crippen LogP contribution in [0.5, 0.6) is 6.01 Å².